The Bertz CT molecular complexity index is 1410. The summed E-state index contributed by atoms with van der Waals surface area (Å²) in [5, 5.41) is 4.81. The van der Waals surface area contributed by atoms with Gasteiger partial charge in [0, 0.05) is 19.5 Å². The molecule has 0 bridgehead atoms. The van der Waals surface area contributed by atoms with E-state index in [1.165, 1.54) is 21.5 Å². The summed E-state index contributed by atoms with van der Waals surface area (Å²) < 4.78 is 3.65. The number of fused-ring (bicyclic) bond motifs is 1. The standard InChI is InChI=1S/C28H31N3O3S/c1-20-7-11-22(12-8-20)18-29-25(32)6-4-3-5-16-30-27(33)26-24(15-17-35-26)31(28(30)34)19-23-13-9-21(2)10-14-23/h7-15,17H,3-6,16,18-19H2,1-2H3,(H,29,32). The number of benzene rings is 2. The van der Waals surface area contributed by atoms with Crippen LogP contribution in [-0.2, 0) is 24.4 Å². The topological polar surface area (TPSA) is 73.1 Å². The quantitative estimate of drug-likeness (QED) is 0.326. The van der Waals surface area contributed by atoms with Crippen molar-refractivity contribution >= 4 is 27.5 Å². The Kier molecular flexibility index (Phi) is 7.98. The molecule has 0 saturated heterocycles. The van der Waals surface area contributed by atoms with Gasteiger partial charge in [0.25, 0.3) is 5.56 Å². The molecule has 182 valence electrons. The van der Waals surface area contributed by atoms with Crippen molar-refractivity contribution in [2.24, 2.45) is 0 Å². The van der Waals surface area contributed by atoms with Crippen LogP contribution in [0.2, 0.25) is 0 Å². The van der Waals surface area contributed by atoms with E-state index in [9.17, 15) is 14.4 Å². The smallest absolute Gasteiger partial charge is 0.331 e. The normalized spacial score (nSPS) is 11.1. The summed E-state index contributed by atoms with van der Waals surface area (Å²) in [5.41, 5.74) is 4.64. The summed E-state index contributed by atoms with van der Waals surface area (Å²) in [4.78, 5) is 38.4. The molecule has 0 aliphatic heterocycles. The molecule has 0 saturated carbocycles. The number of aryl methyl sites for hydroxylation is 2. The SMILES string of the molecule is Cc1ccc(CNC(=O)CCCCCn2c(=O)c3sccc3n(Cc3ccc(C)cc3)c2=O)cc1. The third kappa shape index (κ3) is 6.17. The number of nitrogens with zero attached hydrogens (tertiary/aromatic N) is 2. The number of unbranched alkanes of at least 4 members (excludes halogenated alkanes) is 2. The van der Waals surface area contributed by atoms with Crippen LogP contribution in [0.5, 0.6) is 0 Å². The van der Waals surface area contributed by atoms with E-state index in [2.05, 4.69) is 5.32 Å². The molecule has 2 aromatic carbocycles. The summed E-state index contributed by atoms with van der Waals surface area (Å²) in [5.74, 6) is 0.0169. The Morgan fingerprint density at radius 1 is 0.829 bits per heavy atom. The number of hydrogen-bond donors (Lipinski definition) is 1. The predicted octanol–water partition coefficient (Wildman–Crippen LogP) is 4.77. The third-order valence-corrected chi connectivity index (χ3v) is 7.09. The maximum Gasteiger partial charge on any atom is 0.331 e. The number of aromatic nitrogens is 2. The Hall–Kier alpha value is -3.45. The summed E-state index contributed by atoms with van der Waals surface area (Å²) in [6, 6.07) is 18.0. The van der Waals surface area contributed by atoms with Gasteiger partial charge in [-0.1, -0.05) is 66.1 Å². The van der Waals surface area contributed by atoms with Gasteiger partial charge in [0.1, 0.15) is 4.70 Å². The monoisotopic (exact) mass is 489 g/mol. The second-order valence-electron chi connectivity index (χ2n) is 9.02. The summed E-state index contributed by atoms with van der Waals surface area (Å²) in [7, 11) is 0. The molecule has 2 heterocycles. The van der Waals surface area contributed by atoms with E-state index in [0.717, 1.165) is 23.1 Å². The number of thiophene rings is 1. The molecule has 0 aliphatic carbocycles. The fourth-order valence-corrected chi connectivity index (χ4v) is 4.93. The van der Waals surface area contributed by atoms with E-state index in [-0.39, 0.29) is 17.2 Å². The maximum absolute atomic E-state index is 13.3. The van der Waals surface area contributed by atoms with Gasteiger partial charge in [-0.3, -0.25) is 18.7 Å². The minimum absolute atomic E-state index is 0.0169. The molecule has 35 heavy (non-hydrogen) atoms. The van der Waals surface area contributed by atoms with E-state index >= 15 is 0 Å². The van der Waals surface area contributed by atoms with Gasteiger partial charge in [-0.15, -0.1) is 11.3 Å². The van der Waals surface area contributed by atoms with Crippen LogP contribution in [0, 0.1) is 13.8 Å². The van der Waals surface area contributed by atoms with Gasteiger partial charge in [0.15, 0.2) is 0 Å². The summed E-state index contributed by atoms with van der Waals surface area (Å²) in [6.45, 7) is 5.36. The fraction of sp³-hybridized carbons (Fsp3) is 0.321. The molecule has 0 radical (unpaired) electrons. The molecule has 1 N–H and O–H groups in total. The number of rotatable bonds is 10. The predicted molar refractivity (Wildman–Crippen MR) is 142 cm³/mol. The van der Waals surface area contributed by atoms with E-state index < -0.39 is 0 Å². The van der Waals surface area contributed by atoms with E-state index in [4.69, 9.17) is 0 Å². The minimum atomic E-state index is -0.280. The van der Waals surface area contributed by atoms with Gasteiger partial charge >= 0.3 is 5.69 Å². The highest BCUT2D eigenvalue weighted by molar-refractivity contribution is 7.17. The number of carbonyl (C=O) groups is 1. The van der Waals surface area contributed by atoms with Crippen molar-refractivity contribution in [2.45, 2.75) is 59.2 Å². The zero-order valence-corrected chi connectivity index (χ0v) is 21.1. The van der Waals surface area contributed by atoms with Crippen LogP contribution in [0.25, 0.3) is 10.2 Å². The lowest BCUT2D eigenvalue weighted by Crippen LogP contribution is -2.39. The van der Waals surface area contributed by atoms with Crippen molar-refractivity contribution in [1.82, 2.24) is 14.5 Å². The molecule has 4 aromatic rings. The second-order valence-corrected chi connectivity index (χ2v) is 9.94. The lowest BCUT2D eigenvalue weighted by molar-refractivity contribution is -0.121. The lowest BCUT2D eigenvalue weighted by Gasteiger charge is -2.12. The van der Waals surface area contributed by atoms with Crippen molar-refractivity contribution in [2.75, 3.05) is 0 Å². The molecule has 6 nitrogen and oxygen atoms in total. The molecule has 0 atom stereocenters. The van der Waals surface area contributed by atoms with E-state index in [1.807, 2.05) is 73.8 Å². The minimum Gasteiger partial charge on any atom is -0.352 e. The third-order valence-electron chi connectivity index (χ3n) is 6.19. The number of carbonyl (C=O) groups excluding carboxylic acids is 1. The Labute approximate surface area is 208 Å². The van der Waals surface area contributed by atoms with Crippen LogP contribution in [-0.4, -0.2) is 15.0 Å². The van der Waals surface area contributed by atoms with Gasteiger partial charge < -0.3 is 5.32 Å². The van der Waals surface area contributed by atoms with Crippen LogP contribution in [0.3, 0.4) is 0 Å². The van der Waals surface area contributed by atoms with Crippen LogP contribution < -0.4 is 16.6 Å². The van der Waals surface area contributed by atoms with Crippen molar-refractivity contribution < 1.29 is 4.79 Å². The molecule has 4 rings (SSSR count). The zero-order chi connectivity index (χ0) is 24.8. The van der Waals surface area contributed by atoms with E-state index in [1.54, 1.807) is 4.57 Å². The van der Waals surface area contributed by atoms with Gasteiger partial charge in [-0.25, -0.2) is 4.79 Å². The van der Waals surface area contributed by atoms with Crippen LogP contribution in [0.1, 0.15) is 47.9 Å². The van der Waals surface area contributed by atoms with Gasteiger partial charge in [-0.2, -0.15) is 0 Å². The number of hydrogen-bond acceptors (Lipinski definition) is 4. The average molecular weight is 490 g/mol. The fourth-order valence-electron chi connectivity index (χ4n) is 4.09. The van der Waals surface area contributed by atoms with Gasteiger partial charge in [0.2, 0.25) is 5.91 Å². The first kappa shape index (κ1) is 24.7. The first-order valence-electron chi connectivity index (χ1n) is 12.0. The second kappa shape index (κ2) is 11.3. The lowest BCUT2D eigenvalue weighted by atomic mass is 10.1. The highest BCUT2D eigenvalue weighted by atomic mass is 32.1. The van der Waals surface area contributed by atoms with Crippen molar-refractivity contribution in [1.29, 1.82) is 0 Å². The van der Waals surface area contributed by atoms with Crippen molar-refractivity contribution in [3.63, 3.8) is 0 Å². The Morgan fingerprint density at radius 2 is 1.49 bits per heavy atom. The van der Waals surface area contributed by atoms with Gasteiger partial charge in [-0.05, 0) is 49.3 Å². The van der Waals surface area contributed by atoms with Crippen LogP contribution >= 0.6 is 11.3 Å². The van der Waals surface area contributed by atoms with Crippen molar-refractivity contribution in [3.05, 3.63) is 103 Å². The molecule has 2 aromatic heterocycles. The molecule has 0 aliphatic rings. The zero-order valence-electron chi connectivity index (χ0n) is 20.3. The molecular formula is C28H31N3O3S. The maximum atomic E-state index is 13.3. The highest BCUT2D eigenvalue weighted by Crippen LogP contribution is 2.17. The highest BCUT2D eigenvalue weighted by Gasteiger charge is 2.14. The summed E-state index contributed by atoms with van der Waals surface area (Å²) in [6.07, 6.45) is 2.59. The Balaban J connectivity index is 1.34. The van der Waals surface area contributed by atoms with E-state index in [0.29, 0.717) is 49.1 Å². The molecule has 7 heteroatoms. The van der Waals surface area contributed by atoms with Crippen molar-refractivity contribution in [3.8, 4) is 0 Å². The average Bonchev–Trinajstić information content (AvgIpc) is 3.34. The first-order chi connectivity index (χ1) is 16.9. The van der Waals surface area contributed by atoms with Crippen LogP contribution in [0.15, 0.2) is 69.6 Å². The Morgan fingerprint density at radius 3 is 2.17 bits per heavy atom. The largest absolute Gasteiger partial charge is 0.352 e. The molecule has 0 unspecified atom stereocenters. The number of nitrogens with one attached hydrogen (secondary N) is 1. The summed E-state index contributed by atoms with van der Waals surface area (Å²) >= 11 is 1.37. The van der Waals surface area contributed by atoms with Crippen LogP contribution in [0.4, 0.5) is 0 Å². The molecule has 1 amide bonds. The first-order valence-corrected chi connectivity index (χ1v) is 12.9. The molecular weight excluding hydrogens is 458 g/mol. The molecule has 0 fully saturated rings. The van der Waals surface area contributed by atoms with Gasteiger partial charge in [0.05, 0.1) is 12.1 Å². The number of amides is 1. The molecule has 0 spiro atoms.